The zero-order valence-electron chi connectivity index (χ0n) is 13.0. The van der Waals surface area contributed by atoms with Gasteiger partial charge >= 0.3 is 0 Å². The Morgan fingerprint density at radius 1 is 1.50 bits per heavy atom. The van der Waals surface area contributed by atoms with E-state index >= 15 is 0 Å². The number of amides is 1. The molecule has 0 bridgehead atoms. The maximum absolute atomic E-state index is 14.2. The zero-order valence-corrected chi connectivity index (χ0v) is 13.8. The van der Waals surface area contributed by atoms with Crippen LogP contribution in [0.25, 0.3) is 0 Å². The Kier molecular flexibility index (Phi) is 4.40. The van der Waals surface area contributed by atoms with Gasteiger partial charge in [-0.3, -0.25) is 9.59 Å². The average Bonchev–Trinajstić information content (AvgIpc) is 3.17. The van der Waals surface area contributed by atoms with Crippen LogP contribution in [0.15, 0.2) is 23.6 Å². The molecule has 0 spiro atoms. The number of carbonyl (C=O) groups excluding carboxylic acids is 2. The van der Waals surface area contributed by atoms with Gasteiger partial charge in [-0.2, -0.15) is 5.26 Å². The fraction of sp³-hybridized carbons (Fsp3) is 0.294. The molecule has 5 nitrogen and oxygen atoms in total. The summed E-state index contributed by atoms with van der Waals surface area (Å²) in [5.74, 6) is -2.54. The highest BCUT2D eigenvalue weighted by Gasteiger charge is 2.29. The Morgan fingerprint density at radius 2 is 2.29 bits per heavy atom. The molecule has 1 aliphatic heterocycles. The second-order valence-corrected chi connectivity index (χ2v) is 6.46. The number of aryl methyl sites for hydroxylation is 1. The third-order valence-electron chi connectivity index (χ3n) is 3.88. The summed E-state index contributed by atoms with van der Waals surface area (Å²) in [5.41, 5.74) is 1.00. The number of hydrogen-bond donors (Lipinski definition) is 0. The van der Waals surface area contributed by atoms with Crippen molar-refractivity contribution in [1.29, 1.82) is 5.26 Å². The third kappa shape index (κ3) is 2.93. The average molecular weight is 343 g/mol. The van der Waals surface area contributed by atoms with Gasteiger partial charge in [-0.05, 0) is 31.5 Å². The summed E-state index contributed by atoms with van der Waals surface area (Å²) in [7, 11) is 0. The summed E-state index contributed by atoms with van der Waals surface area (Å²) in [4.78, 5) is 30.2. The molecular weight excluding hydrogens is 329 g/mol. The maximum atomic E-state index is 14.2. The predicted molar refractivity (Wildman–Crippen MR) is 87.5 cm³/mol. The van der Waals surface area contributed by atoms with E-state index in [1.807, 2.05) is 6.07 Å². The lowest BCUT2D eigenvalue weighted by Crippen LogP contribution is -2.24. The number of hydrogen-bond acceptors (Lipinski definition) is 5. The monoisotopic (exact) mass is 343 g/mol. The van der Waals surface area contributed by atoms with Crippen LogP contribution in [0.2, 0.25) is 0 Å². The number of rotatable bonds is 4. The Balaban J connectivity index is 1.97. The maximum Gasteiger partial charge on any atom is 0.227 e. The van der Waals surface area contributed by atoms with E-state index in [0.29, 0.717) is 29.4 Å². The van der Waals surface area contributed by atoms with Crippen LogP contribution in [-0.4, -0.2) is 23.2 Å². The zero-order chi connectivity index (χ0) is 17.3. The Bertz CT molecular complexity index is 856. The van der Waals surface area contributed by atoms with Crippen molar-refractivity contribution in [2.45, 2.75) is 25.7 Å². The minimum Gasteiger partial charge on any atom is -0.312 e. The fourth-order valence-electron chi connectivity index (χ4n) is 2.68. The van der Waals surface area contributed by atoms with Crippen molar-refractivity contribution in [3.63, 3.8) is 0 Å². The molecule has 1 atom stereocenters. The van der Waals surface area contributed by atoms with Gasteiger partial charge < -0.3 is 4.90 Å². The number of Topliss-reactive ketones (excluding diaryl/α,β-unsaturated/α-hetero) is 1. The number of nitriles is 1. The van der Waals surface area contributed by atoms with E-state index in [2.05, 4.69) is 4.98 Å². The third-order valence-corrected chi connectivity index (χ3v) is 4.90. The summed E-state index contributed by atoms with van der Waals surface area (Å²) in [5, 5.41) is 11.4. The Labute approximate surface area is 142 Å². The Hall–Kier alpha value is -2.59. The van der Waals surface area contributed by atoms with Crippen LogP contribution in [-0.2, 0) is 4.79 Å². The number of aromatic nitrogens is 1. The summed E-state index contributed by atoms with van der Waals surface area (Å²) in [6, 6.07) is 5.90. The number of carbonyl (C=O) groups is 2. The van der Waals surface area contributed by atoms with Gasteiger partial charge in [-0.15, -0.1) is 11.3 Å². The Morgan fingerprint density at radius 3 is 2.88 bits per heavy atom. The molecule has 3 rings (SSSR count). The van der Waals surface area contributed by atoms with Crippen molar-refractivity contribution >= 4 is 28.7 Å². The van der Waals surface area contributed by atoms with Crippen LogP contribution >= 0.6 is 11.3 Å². The lowest BCUT2D eigenvalue weighted by molar-refractivity contribution is -0.117. The van der Waals surface area contributed by atoms with E-state index in [9.17, 15) is 19.2 Å². The summed E-state index contributed by atoms with van der Waals surface area (Å²) < 4.78 is 14.2. The largest absolute Gasteiger partial charge is 0.312 e. The number of benzene rings is 1. The minimum absolute atomic E-state index is 0.0487. The van der Waals surface area contributed by atoms with E-state index in [4.69, 9.17) is 0 Å². The smallest absolute Gasteiger partial charge is 0.227 e. The van der Waals surface area contributed by atoms with Gasteiger partial charge in [-0.1, -0.05) is 0 Å². The molecule has 1 aromatic heterocycles. The number of thiazole rings is 1. The van der Waals surface area contributed by atoms with E-state index in [1.54, 1.807) is 12.3 Å². The van der Waals surface area contributed by atoms with Crippen LogP contribution in [0.3, 0.4) is 0 Å². The van der Waals surface area contributed by atoms with Crippen molar-refractivity contribution in [2.24, 2.45) is 0 Å². The molecule has 122 valence electrons. The number of nitrogens with zero attached hydrogens (tertiary/aromatic N) is 3. The van der Waals surface area contributed by atoms with Crippen LogP contribution in [0, 0.1) is 24.1 Å². The van der Waals surface area contributed by atoms with E-state index in [-0.39, 0.29) is 11.5 Å². The van der Waals surface area contributed by atoms with E-state index in [0.717, 1.165) is 12.5 Å². The van der Waals surface area contributed by atoms with Crippen LogP contribution < -0.4 is 4.90 Å². The molecule has 7 heteroatoms. The normalized spacial score (nSPS) is 15.4. The molecule has 1 amide bonds. The molecule has 0 radical (unpaired) electrons. The first-order chi connectivity index (χ1) is 11.5. The molecule has 24 heavy (non-hydrogen) atoms. The first-order valence-corrected chi connectivity index (χ1v) is 8.35. The molecule has 2 heterocycles. The molecule has 0 saturated carbocycles. The van der Waals surface area contributed by atoms with Gasteiger partial charge in [0.25, 0.3) is 0 Å². The lowest BCUT2D eigenvalue weighted by Gasteiger charge is -2.17. The van der Waals surface area contributed by atoms with Crippen molar-refractivity contribution in [3.05, 3.63) is 45.7 Å². The van der Waals surface area contributed by atoms with Gasteiger partial charge in [0, 0.05) is 29.7 Å². The van der Waals surface area contributed by atoms with Gasteiger partial charge in [-0.25, -0.2) is 9.37 Å². The highest BCUT2D eigenvalue weighted by Crippen LogP contribution is 2.28. The molecule has 1 fully saturated rings. The SMILES string of the molecule is Cc1csc([C@@H](C#N)C(=O)c2cc(N3CCCC3=O)ccc2F)n1. The lowest BCUT2D eigenvalue weighted by atomic mass is 9.98. The second-order valence-electron chi connectivity index (χ2n) is 5.57. The molecule has 1 aromatic carbocycles. The predicted octanol–water partition coefficient (Wildman–Crippen LogP) is 3.21. The molecular formula is C17H14FN3O2S. The molecule has 0 aliphatic carbocycles. The number of ketones is 1. The summed E-state index contributed by atoms with van der Waals surface area (Å²) >= 11 is 1.20. The van der Waals surface area contributed by atoms with E-state index < -0.39 is 17.5 Å². The topological polar surface area (TPSA) is 74.1 Å². The second kappa shape index (κ2) is 6.49. The highest BCUT2D eigenvalue weighted by molar-refractivity contribution is 7.10. The quantitative estimate of drug-likeness (QED) is 0.799. The molecule has 0 N–H and O–H groups in total. The summed E-state index contributed by atoms with van der Waals surface area (Å²) in [6.45, 7) is 2.31. The van der Waals surface area contributed by atoms with Crippen molar-refractivity contribution in [3.8, 4) is 6.07 Å². The van der Waals surface area contributed by atoms with Crippen LogP contribution in [0.4, 0.5) is 10.1 Å². The van der Waals surface area contributed by atoms with Crippen LogP contribution in [0.1, 0.15) is 39.8 Å². The highest BCUT2D eigenvalue weighted by atomic mass is 32.1. The van der Waals surface area contributed by atoms with Gasteiger partial charge in [0.15, 0.2) is 11.7 Å². The first kappa shape index (κ1) is 16.3. The minimum atomic E-state index is -1.15. The number of anilines is 1. The van der Waals surface area contributed by atoms with Gasteiger partial charge in [0.2, 0.25) is 5.91 Å². The van der Waals surface area contributed by atoms with Gasteiger partial charge in [0.1, 0.15) is 10.8 Å². The molecule has 2 aromatic rings. The molecule has 1 saturated heterocycles. The first-order valence-electron chi connectivity index (χ1n) is 7.47. The fourth-order valence-corrected chi connectivity index (χ4v) is 3.51. The standard InChI is InChI=1S/C17H14FN3O2S/c1-10-9-24-17(20-10)13(8-19)16(23)12-7-11(4-5-14(12)18)21-6-2-3-15(21)22/h4-5,7,9,13H,2-3,6H2,1H3/t13-/m0/s1. The molecule has 0 unspecified atom stereocenters. The van der Waals surface area contributed by atoms with Crippen molar-refractivity contribution < 1.29 is 14.0 Å². The van der Waals surface area contributed by atoms with Crippen molar-refractivity contribution in [1.82, 2.24) is 4.98 Å². The van der Waals surface area contributed by atoms with Gasteiger partial charge in [0.05, 0.1) is 11.6 Å². The molecule has 1 aliphatic rings. The number of halogens is 1. The van der Waals surface area contributed by atoms with E-state index in [1.165, 1.54) is 28.4 Å². The summed E-state index contributed by atoms with van der Waals surface area (Å²) in [6.07, 6.45) is 1.18. The van der Waals surface area contributed by atoms with Crippen LogP contribution in [0.5, 0.6) is 0 Å². The van der Waals surface area contributed by atoms with Crippen molar-refractivity contribution in [2.75, 3.05) is 11.4 Å².